The molecule has 3 rings (SSSR count). The predicted molar refractivity (Wildman–Crippen MR) is 106 cm³/mol. The van der Waals surface area contributed by atoms with Gasteiger partial charge in [-0.05, 0) is 73.9 Å². The highest BCUT2D eigenvalue weighted by molar-refractivity contribution is 5.89. The lowest BCUT2D eigenvalue weighted by Crippen LogP contribution is -2.41. The standard InChI is InChI=1S/C22H28N2O2/c1-17-4-3-5-20(16-17)23-22(25)24-14-12-19(13-15-24)7-6-18-8-10-21(26-2)11-9-18/h3-5,8-11,16,19H,6-7,12-15H2,1-2H3,(H,23,25). The first-order chi connectivity index (χ1) is 12.6. The van der Waals surface area contributed by atoms with Crippen LogP contribution >= 0.6 is 0 Å². The van der Waals surface area contributed by atoms with Crippen LogP contribution in [-0.2, 0) is 6.42 Å². The van der Waals surface area contributed by atoms with E-state index in [1.165, 1.54) is 12.0 Å². The number of methoxy groups -OCH3 is 1. The van der Waals surface area contributed by atoms with Crippen molar-refractivity contribution in [3.8, 4) is 5.75 Å². The van der Waals surface area contributed by atoms with E-state index in [0.29, 0.717) is 5.92 Å². The first kappa shape index (κ1) is 18.3. The summed E-state index contributed by atoms with van der Waals surface area (Å²) in [5.41, 5.74) is 3.38. The number of rotatable bonds is 5. The van der Waals surface area contributed by atoms with Crippen LogP contribution in [0, 0.1) is 12.8 Å². The van der Waals surface area contributed by atoms with E-state index >= 15 is 0 Å². The number of hydrogen-bond acceptors (Lipinski definition) is 2. The molecule has 0 radical (unpaired) electrons. The van der Waals surface area contributed by atoms with E-state index in [2.05, 4.69) is 17.4 Å². The quantitative estimate of drug-likeness (QED) is 0.833. The molecule has 1 N–H and O–H groups in total. The van der Waals surface area contributed by atoms with Crippen molar-refractivity contribution in [3.63, 3.8) is 0 Å². The molecule has 1 heterocycles. The highest BCUT2D eigenvalue weighted by atomic mass is 16.5. The highest BCUT2D eigenvalue weighted by Crippen LogP contribution is 2.24. The predicted octanol–water partition coefficient (Wildman–Crippen LogP) is 4.88. The molecule has 0 spiro atoms. The molecule has 0 saturated carbocycles. The minimum absolute atomic E-state index is 0.0178. The highest BCUT2D eigenvalue weighted by Gasteiger charge is 2.22. The molecule has 0 bridgehead atoms. The third-order valence-corrected chi connectivity index (χ3v) is 5.17. The Morgan fingerprint density at radius 2 is 1.88 bits per heavy atom. The Balaban J connectivity index is 1.42. The Morgan fingerprint density at radius 3 is 2.54 bits per heavy atom. The number of anilines is 1. The molecule has 4 nitrogen and oxygen atoms in total. The van der Waals surface area contributed by atoms with E-state index in [4.69, 9.17) is 4.74 Å². The molecule has 2 aromatic rings. The van der Waals surface area contributed by atoms with Crippen molar-refractivity contribution < 1.29 is 9.53 Å². The molecule has 4 heteroatoms. The molecule has 1 saturated heterocycles. The van der Waals surface area contributed by atoms with Crippen molar-refractivity contribution in [2.24, 2.45) is 5.92 Å². The van der Waals surface area contributed by atoms with Crippen LogP contribution in [0.3, 0.4) is 0 Å². The van der Waals surface area contributed by atoms with Gasteiger partial charge in [-0.1, -0.05) is 24.3 Å². The van der Waals surface area contributed by atoms with Gasteiger partial charge in [-0.2, -0.15) is 0 Å². The van der Waals surface area contributed by atoms with Gasteiger partial charge in [0.2, 0.25) is 0 Å². The van der Waals surface area contributed by atoms with Gasteiger partial charge in [-0.3, -0.25) is 0 Å². The number of ether oxygens (including phenoxy) is 1. The monoisotopic (exact) mass is 352 g/mol. The van der Waals surface area contributed by atoms with Gasteiger partial charge in [-0.15, -0.1) is 0 Å². The molecule has 1 aliphatic rings. The maximum Gasteiger partial charge on any atom is 0.321 e. The van der Waals surface area contributed by atoms with Gasteiger partial charge in [-0.25, -0.2) is 4.79 Å². The van der Waals surface area contributed by atoms with Gasteiger partial charge in [0.05, 0.1) is 7.11 Å². The Morgan fingerprint density at radius 1 is 1.15 bits per heavy atom. The summed E-state index contributed by atoms with van der Waals surface area (Å²) in [6.07, 6.45) is 4.43. The minimum Gasteiger partial charge on any atom is -0.497 e. The Bertz CT molecular complexity index is 719. The zero-order valence-corrected chi connectivity index (χ0v) is 15.7. The lowest BCUT2D eigenvalue weighted by atomic mass is 9.90. The molecule has 1 fully saturated rings. The van der Waals surface area contributed by atoms with Crippen LogP contribution in [0.25, 0.3) is 0 Å². The largest absolute Gasteiger partial charge is 0.497 e. The summed E-state index contributed by atoms with van der Waals surface area (Å²) in [6.45, 7) is 3.71. The van der Waals surface area contributed by atoms with E-state index in [0.717, 1.165) is 49.4 Å². The number of urea groups is 1. The second kappa shape index (κ2) is 8.75. The number of hydrogen-bond donors (Lipinski definition) is 1. The maximum atomic E-state index is 12.4. The number of piperidine rings is 1. The number of amides is 2. The van der Waals surface area contributed by atoms with Gasteiger partial charge in [0.15, 0.2) is 0 Å². The Kier molecular flexibility index (Phi) is 6.16. The Hall–Kier alpha value is -2.49. The first-order valence-electron chi connectivity index (χ1n) is 9.39. The fourth-order valence-electron chi connectivity index (χ4n) is 3.51. The van der Waals surface area contributed by atoms with Crippen LogP contribution in [0.2, 0.25) is 0 Å². The van der Waals surface area contributed by atoms with Crippen molar-refractivity contribution in [1.29, 1.82) is 0 Å². The second-order valence-corrected chi connectivity index (χ2v) is 7.12. The van der Waals surface area contributed by atoms with E-state index in [1.807, 2.05) is 48.2 Å². The molecular formula is C22H28N2O2. The van der Waals surface area contributed by atoms with Crippen molar-refractivity contribution in [2.45, 2.75) is 32.6 Å². The zero-order valence-electron chi connectivity index (χ0n) is 15.7. The van der Waals surface area contributed by atoms with Crippen LogP contribution in [0.4, 0.5) is 10.5 Å². The lowest BCUT2D eigenvalue weighted by molar-refractivity contribution is 0.180. The van der Waals surface area contributed by atoms with Crippen molar-refractivity contribution in [3.05, 3.63) is 59.7 Å². The van der Waals surface area contributed by atoms with Crippen molar-refractivity contribution in [2.75, 3.05) is 25.5 Å². The van der Waals surface area contributed by atoms with Crippen LogP contribution in [0.5, 0.6) is 5.75 Å². The fraction of sp³-hybridized carbons (Fsp3) is 0.409. The molecule has 1 aliphatic heterocycles. The number of aryl methyl sites for hydroxylation is 2. The van der Waals surface area contributed by atoms with Gasteiger partial charge >= 0.3 is 6.03 Å². The molecule has 2 amide bonds. The molecule has 0 aliphatic carbocycles. The lowest BCUT2D eigenvalue weighted by Gasteiger charge is -2.32. The second-order valence-electron chi connectivity index (χ2n) is 7.12. The average Bonchev–Trinajstić information content (AvgIpc) is 2.67. The minimum atomic E-state index is 0.0178. The number of likely N-dealkylation sites (tertiary alicyclic amines) is 1. The van der Waals surface area contributed by atoms with Gasteiger partial charge in [0, 0.05) is 18.8 Å². The number of nitrogens with zero attached hydrogens (tertiary/aromatic N) is 1. The van der Waals surface area contributed by atoms with E-state index in [9.17, 15) is 4.79 Å². The van der Waals surface area contributed by atoms with Crippen molar-refractivity contribution in [1.82, 2.24) is 4.90 Å². The van der Waals surface area contributed by atoms with E-state index in [-0.39, 0.29) is 6.03 Å². The normalized spacial score (nSPS) is 14.9. The molecule has 0 aromatic heterocycles. The van der Waals surface area contributed by atoms with Gasteiger partial charge < -0.3 is 15.0 Å². The smallest absolute Gasteiger partial charge is 0.321 e. The van der Waals surface area contributed by atoms with Gasteiger partial charge in [0.1, 0.15) is 5.75 Å². The summed E-state index contributed by atoms with van der Waals surface area (Å²) < 4.78 is 5.20. The summed E-state index contributed by atoms with van der Waals surface area (Å²) >= 11 is 0. The molecule has 0 unspecified atom stereocenters. The number of nitrogens with one attached hydrogen (secondary N) is 1. The average molecular weight is 352 g/mol. The summed E-state index contributed by atoms with van der Waals surface area (Å²) in [5.74, 6) is 1.60. The van der Waals surface area contributed by atoms with E-state index in [1.54, 1.807) is 7.11 Å². The van der Waals surface area contributed by atoms with Crippen LogP contribution < -0.4 is 10.1 Å². The number of carbonyl (C=O) groups excluding carboxylic acids is 1. The SMILES string of the molecule is COc1ccc(CCC2CCN(C(=O)Nc3cccc(C)c3)CC2)cc1. The van der Waals surface area contributed by atoms with Gasteiger partial charge in [0.25, 0.3) is 0 Å². The van der Waals surface area contributed by atoms with E-state index < -0.39 is 0 Å². The molecule has 0 atom stereocenters. The summed E-state index contributed by atoms with van der Waals surface area (Å²) in [5, 5.41) is 3.01. The zero-order chi connectivity index (χ0) is 18.4. The Labute approximate surface area is 156 Å². The van der Waals surface area contributed by atoms with Crippen LogP contribution in [0.1, 0.15) is 30.4 Å². The maximum absolute atomic E-state index is 12.4. The number of carbonyl (C=O) groups is 1. The fourth-order valence-corrected chi connectivity index (χ4v) is 3.51. The topological polar surface area (TPSA) is 41.6 Å². The first-order valence-corrected chi connectivity index (χ1v) is 9.39. The molecule has 138 valence electrons. The number of benzene rings is 2. The summed E-state index contributed by atoms with van der Waals surface area (Å²) in [4.78, 5) is 14.4. The van der Waals surface area contributed by atoms with Crippen molar-refractivity contribution >= 4 is 11.7 Å². The molecular weight excluding hydrogens is 324 g/mol. The van der Waals surface area contributed by atoms with Crippen LogP contribution in [-0.4, -0.2) is 31.1 Å². The summed E-state index contributed by atoms with van der Waals surface area (Å²) in [7, 11) is 1.69. The molecule has 26 heavy (non-hydrogen) atoms. The van der Waals surface area contributed by atoms with Crippen LogP contribution in [0.15, 0.2) is 48.5 Å². The third-order valence-electron chi connectivity index (χ3n) is 5.17. The summed E-state index contributed by atoms with van der Waals surface area (Å²) in [6, 6.07) is 16.3. The molecule has 2 aromatic carbocycles. The third kappa shape index (κ3) is 5.01.